The fourth-order valence-electron chi connectivity index (χ4n) is 1.68. The van der Waals surface area contributed by atoms with Crippen LogP contribution in [0.5, 0.6) is 0 Å². The van der Waals surface area contributed by atoms with Crippen LogP contribution in [0.25, 0.3) is 0 Å². The van der Waals surface area contributed by atoms with Gasteiger partial charge in [-0.15, -0.1) is 0 Å². The lowest BCUT2D eigenvalue weighted by Crippen LogP contribution is -2.49. The van der Waals surface area contributed by atoms with Gasteiger partial charge in [0.15, 0.2) is 0 Å². The van der Waals surface area contributed by atoms with Crippen molar-refractivity contribution in [3.8, 4) is 0 Å². The van der Waals surface area contributed by atoms with Crippen LogP contribution in [-0.4, -0.2) is 44.2 Å². The van der Waals surface area contributed by atoms with Gasteiger partial charge in [-0.05, 0) is 54.4 Å². The molecule has 0 spiro atoms. The molecule has 0 aromatic carbocycles. The molecule has 0 heterocycles. The summed E-state index contributed by atoms with van der Waals surface area (Å²) in [5.41, 5.74) is -0.548. The summed E-state index contributed by atoms with van der Waals surface area (Å²) in [4.78, 5) is 0. The monoisotopic (exact) mass is 246 g/mol. The van der Waals surface area contributed by atoms with Gasteiger partial charge in [0.1, 0.15) is 0 Å². The van der Waals surface area contributed by atoms with Crippen LogP contribution in [0.3, 0.4) is 0 Å². The molecule has 104 valence electrons. The van der Waals surface area contributed by atoms with Crippen molar-refractivity contribution in [2.75, 3.05) is 6.54 Å². The summed E-state index contributed by atoms with van der Waals surface area (Å²) >= 11 is 0. The van der Waals surface area contributed by atoms with Crippen LogP contribution in [0, 0.1) is 0 Å². The second kappa shape index (κ2) is 6.14. The average molecular weight is 246 g/mol. The number of nitrogens with zero attached hydrogens (tertiary/aromatic N) is 2. The van der Waals surface area contributed by atoms with Crippen LogP contribution in [0.2, 0.25) is 0 Å². The van der Waals surface area contributed by atoms with E-state index in [1.54, 1.807) is 0 Å². The summed E-state index contributed by atoms with van der Waals surface area (Å²) in [6.45, 7) is 14.5. The van der Waals surface area contributed by atoms with Crippen molar-refractivity contribution in [2.45, 2.75) is 78.4 Å². The molecule has 0 aliphatic heterocycles. The number of hydrogen-bond donors (Lipinski definition) is 2. The van der Waals surface area contributed by atoms with Crippen molar-refractivity contribution in [3.05, 3.63) is 0 Å². The first-order chi connectivity index (χ1) is 7.54. The standard InChI is InChI=1S/C13H30N2O2/c1-8-12(4,5)14(16)10-9-13(6,7)15(17)11(2)3/h11,16-17H,8-10H2,1-7H3. The van der Waals surface area contributed by atoms with E-state index in [9.17, 15) is 10.4 Å². The Morgan fingerprint density at radius 1 is 1.00 bits per heavy atom. The molecule has 0 atom stereocenters. The number of hydrogen-bond acceptors (Lipinski definition) is 4. The summed E-state index contributed by atoms with van der Waals surface area (Å²) in [5.74, 6) is 0. The van der Waals surface area contributed by atoms with Gasteiger partial charge in [-0.1, -0.05) is 6.92 Å². The molecule has 0 amide bonds. The smallest absolute Gasteiger partial charge is 0.0420 e. The molecule has 4 heteroatoms. The molecule has 17 heavy (non-hydrogen) atoms. The van der Waals surface area contributed by atoms with Gasteiger partial charge >= 0.3 is 0 Å². The first kappa shape index (κ1) is 16.8. The minimum atomic E-state index is -0.334. The first-order valence-electron chi connectivity index (χ1n) is 6.49. The zero-order valence-electron chi connectivity index (χ0n) is 12.5. The van der Waals surface area contributed by atoms with Gasteiger partial charge in [0.2, 0.25) is 0 Å². The Hall–Kier alpha value is -0.160. The van der Waals surface area contributed by atoms with E-state index in [0.29, 0.717) is 13.0 Å². The van der Waals surface area contributed by atoms with E-state index in [2.05, 4.69) is 6.92 Å². The van der Waals surface area contributed by atoms with Crippen molar-refractivity contribution in [3.63, 3.8) is 0 Å². The highest BCUT2D eigenvalue weighted by atomic mass is 16.5. The van der Waals surface area contributed by atoms with E-state index in [4.69, 9.17) is 0 Å². The van der Waals surface area contributed by atoms with Crippen molar-refractivity contribution in [2.24, 2.45) is 0 Å². The molecular weight excluding hydrogens is 216 g/mol. The molecule has 0 saturated heterocycles. The zero-order chi connectivity index (χ0) is 13.9. The lowest BCUT2D eigenvalue weighted by Gasteiger charge is -2.39. The third-order valence-electron chi connectivity index (χ3n) is 3.61. The Balaban J connectivity index is 4.37. The highest BCUT2D eigenvalue weighted by molar-refractivity contribution is 4.81. The van der Waals surface area contributed by atoms with Crippen molar-refractivity contribution in [1.82, 2.24) is 10.1 Å². The van der Waals surface area contributed by atoms with Crippen LogP contribution >= 0.6 is 0 Å². The molecule has 0 aromatic heterocycles. The molecule has 0 saturated carbocycles. The topological polar surface area (TPSA) is 46.9 Å². The van der Waals surface area contributed by atoms with Crippen molar-refractivity contribution in [1.29, 1.82) is 0 Å². The van der Waals surface area contributed by atoms with Crippen LogP contribution < -0.4 is 0 Å². The highest BCUT2D eigenvalue weighted by Crippen LogP contribution is 2.22. The van der Waals surface area contributed by atoms with E-state index in [-0.39, 0.29) is 17.1 Å². The van der Waals surface area contributed by atoms with E-state index in [0.717, 1.165) is 6.42 Å². The second-order valence-corrected chi connectivity index (χ2v) is 6.29. The van der Waals surface area contributed by atoms with Gasteiger partial charge in [0, 0.05) is 23.7 Å². The summed E-state index contributed by atoms with van der Waals surface area (Å²) in [5, 5.41) is 22.7. The van der Waals surface area contributed by atoms with Crippen LogP contribution in [0.15, 0.2) is 0 Å². The quantitative estimate of drug-likeness (QED) is 0.678. The van der Waals surface area contributed by atoms with Crippen molar-refractivity contribution < 1.29 is 10.4 Å². The molecule has 0 aliphatic rings. The van der Waals surface area contributed by atoms with Crippen LogP contribution in [0.4, 0.5) is 0 Å². The molecule has 0 radical (unpaired) electrons. The zero-order valence-corrected chi connectivity index (χ0v) is 12.5. The Morgan fingerprint density at radius 2 is 1.47 bits per heavy atom. The molecule has 0 aliphatic carbocycles. The molecule has 0 fully saturated rings. The summed E-state index contributed by atoms with van der Waals surface area (Å²) in [6, 6.07) is 0.0799. The maximum absolute atomic E-state index is 9.99. The van der Waals surface area contributed by atoms with E-state index < -0.39 is 0 Å². The average Bonchev–Trinajstić information content (AvgIpc) is 2.24. The maximum atomic E-state index is 9.99. The van der Waals surface area contributed by atoms with Gasteiger partial charge < -0.3 is 10.4 Å². The molecule has 0 rings (SSSR count). The highest BCUT2D eigenvalue weighted by Gasteiger charge is 2.30. The normalized spacial score (nSPS) is 14.1. The van der Waals surface area contributed by atoms with Gasteiger partial charge in [0.05, 0.1) is 0 Å². The molecule has 0 bridgehead atoms. The van der Waals surface area contributed by atoms with E-state index in [1.807, 2.05) is 41.5 Å². The van der Waals surface area contributed by atoms with Gasteiger partial charge in [-0.25, -0.2) is 0 Å². The summed E-state index contributed by atoms with van der Waals surface area (Å²) in [6.07, 6.45) is 1.60. The van der Waals surface area contributed by atoms with Gasteiger partial charge in [0.25, 0.3) is 0 Å². The first-order valence-corrected chi connectivity index (χ1v) is 6.49. The Bertz CT molecular complexity index is 227. The third-order valence-corrected chi connectivity index (χ3v) is 3.61. The van der Waals surface area contributed by atoms with E-state index >= 15 is 0 Å². The van der Waals surface area contributed by atoms with Gasteiger partial charge in [-0.3, -0.25) is 0 Å². The molecule has 4 nitrogen and oxygen atoms in total. The predicted molar refractivity (Wildman–Crippen MR) is 70.3 cm³/mol. The third kappa shape index (κ3) is 4.92. The summed E-state index contributed by atoms with van der Waals surface area (Å²) in [7, 11) is 0. The summed E-state index contributed by atoms with van der Waals surface area (Å²) < 4.78 is 0. The van der Waals surface area contributed by atoms with E-state index in [1.165, 1.54) is 10.1 Å². The lowest BCUT2D eigenvalue weighted by atomic mass is 9.96. The lowest BCUT2D eigenvalue weighted by molar-refractivity contribution is -0.205. The SMILES string of the molecule is CCC(C)(C)N(O)CCC(C)(C)N(O)C(C)C. The van der Waals surface area contributed by atoms with Crippen LogP contribution in [0.1, 0.15) is 61.3 Å². The van der Waals surface area contributed by atoms with Crippen LogP contribution in [-0.2, 0) is 0 Å². The molecule has 2 N–H and O–H groups in total. The van der Waals surface area contributed by atoms with Gasteiger partial charge in [-0.2, -0.15) is 10.1 Å². The minimum Gasteiger partial charge on any atom is -0.313 e. The Kier molecular flexibility index (Phi) is 6.08. The molecule has 0 aromatic rings. The second-order valence-electron chi connectivity index (χ2n) is 6.29. The molecule has 0 unspecified atom stereocenters. The maximum Gasteiger partial charge on any atom is 0.0420 e. The number of rotatable bonds is 7. The fraction of sp³-hybridized carbons (Fsp3) is 1.00. The fourth-order valence-corrected chi connectivity index (χ4v) is 1.68. The Labute approximate surface area is 106 Å². The predicted octanol–water partition coefficient (Wildman–Crippen LogP) is 3.13. The Morgan fingerprint density at radius 3 is 1.82 bits per heavy atom. The molecular formula is C13H30N2O2. The largest absolute Gasteiger partial charge is 0.313 e. The van der Waals surface area contributed by atoms with Crippen molar-refractivity contribution >= 4 is 0 Å². The number of hydroxylamine groups is 4. The minimum absolute atomic E-state index is 0.0799.